The van der Waals surface area contributed by atoms with Gasteiger partial charge in [-0.3, -0.25) is 14.4 Å². The fourth-order valence-electron chi connectivity index (χ4n) is 2.65. The van der Waals surface area contributed by atoms with Crippen LogP contribution in [0.3, 0.4) is 0 Å². The van der Waals surface area contributed by atoms with Crippen LogP contribution in [0.2, 0.25) is 5.02 Å². The van der Waals surface area contributed by atoms with E-state index in [2.05, 4.69) is 5.32 Å². The van der Waals surface area contributed by atoms with E-state index in [4.69, 9.17) is 16.3 Å². The van der Waals surface area contributed by atoms with Crippen LogP contribution in [-0.4, -0.2) is 17.7 Å². The second-order valence-electron chi connectivity index (χ2n) is 5.93. The Balaban J connectivity index is 1.93. The lowest BCUT2D eigenvalue weighted by Gasteiger charge is -2.13. The van der Waals surface area contributed by atoms with E-state index in [1.165, 1.54) is 25.1 Å². The van der Waals surface area contributed by atoms with Crippen molar-refractivity contribution in [3.63, 3.8) is 0 Å². The lowest BCUT2D eigenvalue weighted by Crippen LogP contribution is -2.17. The number of ether oxygens (including phenoxy) is 1. The molecule has 0 heterocycles. The topological polar surface area (TPSA) is 72.5 Å². The van der Waals surface area contributed by atoms with Gasteiger partial charge in [-0.15, -0.1) is 0 Å². The van der Waals surface area contributed by atoms with E-state index in [1.54, 1.807) is 48.5 Å². The number of hydrogen-bond donors (Lipinski definition) is 1. The van der Waals surface area contributed by atoms with E-state index < -0.39 is 11.9 Å². The van der Waals surface area contributed by atoms with Crippen molar-refractivity contribution in [2.45, 2.75) is 6.92 Å². The third-order valence-corrected chi connectivity index (χ3v) is 4.13. The first-order valence-electron chi connectivity index (χ1n) is 8.44. The zero-order valence-electron chi connectivity index (χ0n) is 14.9. The number of halogens is 1. The highest BCUT2D eigenvalue weighted by Crippen LogP contribution is 2.26. The first kappa shape index (κ1) is 19.3. The van der Waals surface area contributed by atoms with E-state index in [0.29, 0.717) is 21.8 Å². The van der Waals surface area contributed by atoms with Crippen molar-refractivity contribution in [3.05, 3.63) is 94.5 Å². The lowest BCUT2D eigenvalue weighted by molar-refractivity contribution is -0.131. The average Bonchev–Trinajstić information content (AvgIpc) is 2.69. The highest BCUT2D eigenvalue weighted by atomic mass is 35.5. The van der Waals surface area contributed by atoms with Crippen molar-refractivity contribution in [2.75, 3.05) is 5.32 Å². The van der Waals surface area contributed by atoms with Crippen LogP contribution in [0.15, 0.2) is 72.8 Å². The van der Waals surface area contributed by atoms with E-state index >= 15 is 0 Å². The highest BCUT2D eigenvalue weighted by Gasteiger charge is 2.19. The van der Waals surface area contributed by atoms with Gasteiger partial charge in [0.1, 0.15) is 5.75 Å². The van der Waals surface area contributed by atoms with E-state index in [1.807, 2.05) is 6.07 Å². The summed E-state index contributed by atoms with van der Waals surface area (Å²) in [5.41, 5.74) is 1.28. The lowest BCUT2D eigenvalue weighted by atomic mass is 10.0. The Kier molecular flexibility index (Phi) is 5.87. The molecule has 0 aliphatic carbocycles. The smallest absolute Gasteiger partial charge is 0.308 e. The van der Waals surface area contributed by atoms with Crippen molar-refractivity contribution in [1.29, 1.82) is 0 Å². The number of nitrogens with one attached hydrogen (secondary N) is 1. The van der Waals surface area contributed by atoms with Crippen molar-refractivity contribution >= 4 is 34.9 Å². The minimum absolute atomic E-state index is 0.0845. The number of amides is 1. The van der Waals surface area contributed by atoms with Crippen LogP contribution in [0.1, 0.15) is 33.2 Å². The van der Waals surface area contributed by atoms with Gasteiger partial charge in [0.25, 0.3) is 5.91 Å². The summed E-state index contributed by atoms with van der Waals surface area (Å²) in [6.45, 7) is 1.24. The molecule has 0 atom stereocenters. The Hall–Kier alpha value is -3.44. The van der Waals surface area contributed by atoms with Gasteiger partial charge >= 0.3 is 5.97 Å². The molecule has 6 heteroatoms. The molecule has 0 bridgehead atoms. The molecule has 3 rings (SSSR count). The number of para-hydroxylation sites is 1. The summed E-state index contributed by atoms with van der Waals surface area (Å²) in [5.74, 6) is -1.24. The van der Waals surface area contributed by atoms with Crippen molar-refractivity contribution in [3.8, 4) is 5.75 Å². The maximum atomic E-state index is 12.8. The first-order chi connectivity index (χ1) is 13.5. The van der Waals surface area contributed by atoms with Gasteiger partial charge in [0.05, 0.1) is 11.3 Å². The summed E-state index contributed by atoms with van der Waals surface area (Å²) >= 11 is 5.99. The molecule has 0 spiro atoms. The second-order valence-corrected chi connectivity index (χ2v) is 6.37. The van der Waals surface area contributed by atoms with Gasteiger partial charge in [0.15, 0.2) is 5.78 Å². The second kappa shape index (κ2) is 8.50. The summed E-state index contributed by atoms with van der Waals surface area (Å²) in [6.07, 6.45) is 0. The van der Waals surface area contributed by atoms with Gasteiger partial charge in [0, 0.05) is 23.1 Å². The van der Waals surface area contributed by atoms with Crippen LogP contribution < -0.4 is 10.1 Å². The Bertz CT molecular complexity index is 1050. The monoisotopic (exact) mass is 393 g/mol. The average molecular weight is 394 g/mol. The van der Waals surface area contributed by atoms with Crippen molar-refractivity contribution in [2.24, 2.45) is 0 Å². The SMILES string of the molecule is CC(=O)Oc1ccc(Cl)cc1C(=O)Nc1ccccc1C(=O)c1ccccc1. The molecule has 28 heavy (non-hydrogen) atoms. The largest absolute Gasteiger partial charge is 0.426 e. The van der Waals surface area contributed by atoms with Gasteiger partial charge < -0.3 is 10.1 Å². The molecule has 0 aliphatic heterocycles. The zero-order valence-corrected chi connectivity index (χ0v) is 15.7. The molecule has 5 nitrogen and oxygen atoms in total. The first-order valence-corrected chi connectivity index (χ1v) is 8.81. The van der Waals surface area contributed by atoms with Gasteiger partial charge in [-0.1, -0.05) is 54.1 Å². The number of carbonyl (C=O) groups is 3. The number of carbonyl (C=O) groups excluding carboxylic acids is 3. The van der Waals surface area contributed by atoms with Crippen LogP contribution in [0.5, 0.6) is 5.75 Å². The highest BCUT2D eigenvalue weighted by molar-refractivity contribution is 6.31. The molecule has 0 saturated heterocycles. The molecule has 0 fully saturated rings. The van der Waals surface area contributed by atoms with Crippen LogP contribution in [-0.2, 0) is 4.79 Å². The molecule has 0 aromatic heterocycles. The van der Waals surface area contributed by atoms with Crippen molar-refractivity contribution in [1.82, 2.24) is 0 Å². The number of rotatable bonds is 5. The molecule has 3 aromatic rings. The minimum atomic E-state index is -0.559. The van der Waals surface area contributed by atoms with Crippen LogP contribution in [0.25, 0.3) is 0 Å². The van der Waals surface area contributed by atoms with Gasteiger partial charge in [-0.2, -0.15) is 0 Å². The molecule has 1 amide bonds. The van der Waals surface area contributed by atoms with E-state index in [-0.39, 0.29) is 17.1 Å². The number of anilines is 1. The molecule has 0 saturated carbocycles. The van der Waals surface area contributed by atoms with Crippen LogP contribution >= 0.6 is 11.6 Å². The fraction of sp³-hybridized carbons (Fsp3) is 0.0455. The predicted octanol–water partition coefficient (Wildman–Crippen LogP) is 4.75. The zero-order chi connectivity index (χ0) is 20.1. The summed E-state index contributed by atoms with van der Waals surface area (Å²) in [7, 11) is 0. The molecule has 1 N–H and O–H groups in total. The Morgan fingerprint density at radius 3 is 2.25 bits per heavy atom. The molecule has 3 aromatic carbocycles. The number of esters is 1. The summed E-state index contributed by atoms with van der Waals surface area (Å²) in [5, 5.41) is 3.02. The number of benzene rings is 3. The molecule has 0 aliphatic rings. The Labute approximate surface area is 166 Å². The molecule has 0 radical (unpaired) electrons. The van der Waals surface area contributed by atoms with E-state index in [0.717, 1.165) is 0 Å². The Morgan fingerprint density at radius 1 is 0.857 bits per heavy atom. The van der Waals surface area contributed by atoms with Gasteiger partial charge in [-0.05, 0) is 30.3 Å². The summed E-state index contributed by atoms with van der Waals surface area (Å²) < 4.78 is 5.08. The fourth-order valence-corrected chi connectivity index (χ4v) is 2.82. The Morgan fingerprint density at radius 2 is 1.54 bits per heavy atom. The molecular formula is C22H16ClNO4. The standard InChI is InChI=1S/C22H16ClNO4/c1-14(25)28-20-12-11-16(23)13-18(20)22(27)24-19-10-6-5-9-17(19)21(26)15-7-3-2-4-8-15/h2-13H,1H3,(H,24,27). The molecule has 0 unspecified atom stereocenters. The maximum Gasteiger partial charge on any atom is 0.308 e. The molecular weight excluding hydrogens is 378 g/mol. The van der Waals surface area contributed by atoms with Gasteiger partial charge in [0.2, 0.25) is 0 Å². The normalized spacial score (nSPS) is 10.2. The van der Waals surface area contributed by atoms with E-state index in [9.17, 15) is 14.4 Å². The minimum Gasteiger partial charge on any atom is -0.426 e. The summed E-state index contributed by atoms with van der Waals surface area (Å²) in [6, 6.07) is 19.8. The number of hydrogen-bond acceptors (Lipinski definition) is 4. The predicted molar refractivity (Wildman–Crippen MR) is 107 cm³/mol. The summed E-state index contributed by atoms with van der Waals surface area (Å²) in [4.78, 5) is 36.9. The number of ketones is 1. The van der Waals surface area contributed by atoms with Gasteiger partial charge in [-0.25, -0.2) is 0 Å². The third kappa shape index (κ3) is 4.45. The van der Waals surface area contributed by atoms with Crippen molar-refractivity contribution < 1.29 is 19.1 Å². The third-order valence-electron chi connectivity index (χ3n) is 3.90. The maximum absolute atomic E-state index is 12.8. The quantitative estimate of drug-likeness (QED) is 0.385. The van der Waals surface area contributed by atoms with Crippen LogP contribution in [0, 0.1) is 0 Å². The van der Waals surface area contributed by atoms with Crippen LogP contribution in [0.4, 0.5) is 5.69 Å². The molecule has 140 valence electrons.